The highest BCUT2D eigenvalue weighted by atomic mass is 32.2. The van der Waals surface area contributed by atoms with E-state index in [0.29, 0.717) is 16.7 Å². The van der Waals surface area contributed by atoms with Crippen molar-refractivity contribution in [1.29, 1.82) is 0 Å². The SMILES string of the molecule is CSC1(CN2CCN3C(=O)N(CC(C)C)CC3C2)CC1. The Balaban J connectivity index is 1.57. The third-order valence-corrected chi connectivity index (χ3v) is 6.26. The lowest BCUT2D eigenvalue weighted by Gasteiger charge is -2.37. The number of carbonyl (C=O) groups is 1. The highest BCUT2D eigenvalue weighted by molar-refractivity contribution is 8.00. The molecule has 1 atom stereocenters. The molecular weight excluding hydrogens is 270 g/mol. The molecule has 0 aromatic heterocycles. The smallest absolute Gasteiger partial charge is 0.320 e. The standard InChI is InChI=1S/C15H27N3OS/c1-12(2)8-17-10-13-9-16(6-7-18(13)14(17)19)11-15(20-3)4-5-15/h12-13H,4-11H2,1-3H3. The van der Waals surface area contributed by atoms with E-state index in [1.165, 1.54) is 19.4 Å². The van der Waals surface area contributed by atoms with Crippen molar-refractivity contribution in [2.45, 2.75) is 37.5 Å². The Labute approximate surface area is 126 Å². The molecule has 4 nitrogen and oxygen atoms in total. The molecule has 0 aromatic rings. The summed E-state index contributed by atoms with van der Waals surface area (Å²) >= 11 is 2.03. The number of hydrogen-bond donors (Lipinski definition) is 0. The van der Waals surface area contributed by atoms with E-state index in [2.05, 4.69) is 34.8 Å². The minimum absolute atomic E-state index is 0.273. The largest absolute Gasteiger partial charge is 0.322 e. The van der Waals surface area contributed by atoms with Crippen molar-refractivity contribution in [3.63, 3.8) is 0 Å². The van der Waals surface area contributed by atoms with Crippen LogP contribution in [-0.2, 0) is 0 Å². The Morgan fingerprint density at radius 1 is 1.30 bits per heavy atom. The number of amides is 2. The summed E-state index contributed by atoms with van der Waals surface area (Å²) in [4.78, 5) is 19.1. The maximum absolute atomic E-state index is 12.4. The number of piperazine rings is 1. The predicted octanol–water partition coefficient (Wildman–Crippen LogP) is 1.96. The molecule has 1 unspecified atom stereocenters. The summed E-state index contributed by atoms with van der Waals surface area (Å²) in [6.07, 6.45) is 4.99. The van der Waals surface area contributed by atoms with Crippen LogP contribution in [0.15, 0.2) is 0 Å². The van der Waals surface area contributed by atoms with Crippen molar-refractivity contribution < 1.29 is 4.79 Å². The van der Waals surface area contributed by atoms with Crippen LogP contribution < -0.4 is 0 Å². The van der Waals surface area contributed by atoms with E-state index in [4.69, 9.17) is 0 Å². The van der Waals surface area contributed by atoms with Crippen LogP contribution in [0.3, 0.4) is 0 Å². The average molecular weight is 297 g/mol. The van der Waals surface area contributed by atoms with E-state index in [-0.39, 0.29) is 6.03 Å². The molecule has 0 radical (unpaired) electrons. The second-order valence-electron chi connectivity index (χ2n) is 7.05. The van der Waals surface area contributed by atoms with Crippen LogP contribution in [0.25, 0.3) is 0 Å². The van der Waals surface area contributed by atoms with Crippen molar-refractivity contribution >= 4 is 17.8 Å². The van der Waals surface area contributed by atoms with E-state index in [1.807, 2.05) is 11.8 Å². The van der Waals surface area contributed by atoms with Crippen LogP contribution in [-0.4, -0.2) is 77.0 Å². The lowest BCUT2D eigenvalue weighted by atomic mass is 10.1. The third kappa shape index (κ3) is 2.80. The summed E-state index contributed by atoms with van der Waals surface area (Å²) in [6, 6.07) is 0.696. The minimum atomic E-state index is 0.273. The van der Waals surface area contributed by atoms with Gasteiger partial charge >= 0.3 is 6.03 Å². The molecule has 1 saturated carbocycles. The molecule has 2 saturated heterocycles. The second-order valence-corrected chi connectivity index (χ2v) is 8.33. The number of nitrogens with zero attached hydrogens (tertiary/aromatic N) is 3. The first kappa shape index (κ1) is 14.5. The van der Waals surface area contributed by atoms with Crippen molar-refractivity contribution in [2.24, 2.45) is 5.92 Å². The fourth-order valence-corrected chi connectivity index (χ4v) is 4.37. The summed E-state index contributed by atoms with van der Waals surface area (Å²) in [7, 11) is 0. The van der Waals surface area contributed by atoms with E-state index >= 15 is 0 Å². The summed E-state index contributed by atoms with van der Waals surface area (Å²) in [5.41, 5.74) is 0. The Kier molecular flexibility index (Phi) is 3.93. The van der Waals surface area contributed by atoms with Gasteiger partial charge in [0.25, 0.3) is 0 Å². The average Bonchev–Trinajstić information content (AvgIpc) is 3.11. The van der Waals surface area contributed by atoms with Crippen molar-refractivity contribution in [3.8, 4) is 0 Å². The first-order valence-corrected chi connectivity index (χ1v) is 9.08. The maximum Gasteiger partial charge on any atom is 0.320 e. The van der Waals surface area contributed by atoms with Gasteiger partial charge in [-0.1, -0.05) is 13.8 Å². The van der Waals surface area contributed by atoms with Gasteiger partial charge in [0.2, 0.25) is 0 Å². The number of rotatable bonds is 5. The molecular formula is C15H27N3OS. The molecule has 0 spiro atoms. The molecule has 0 aromatic carbocycles. The lowest BCUT2D eigenvalue weighted by Crippen LogP contribution is -2.53. The predicted molar refractivity (Wildman–Crippen MR) is 84.2 cm³/mol. The summed E-state index contributed by atoms with van der Waals surface area (Å²) < 4.78 is 0.544. The van der Waals surface area contributed by atoms with E-state index in [0.717, 1.165) is 32.7 Å². The normalized spacial score (nSPS) is 29.2. The van der Waals surface area contributed by atoms with Crippen molar-refractivity contribution in [1.82, 2.24) is 14.7 Å². The number of hydrogen-bond acceptors (Lipinski definition) is 3. The number of thioether (sulfide) groups is 1. The molecule has 2 aliphatic heterocycles. The Morgan fingerprint density at radius 3 is 2.65 bits per heavy atom. The van der Waals surface area contributed by atoms with Crippen molar-refractivity contribution in [3.05, 3.63) is 0 Å². The van der Waals surface area contributed by atoms with Gasteiger partial charge in [0.1, 0.15) is 0 Å². The van der Waals surface area contributed by atoms with Gasteiger partial charge in [-0.25, -0.2) is 4.79 Å². The maximum atomic E-state index is 12.4. The quantitative estimate of drug-likeness (QED) is 0.776. The first-order chi connectivity index (χ1) is 9.53. The van der Waals surface area contributed by atoms with E-state index in [9.17, 15) is 4.79 Å². The van der Waals surface area contributed by atoms with Crippen molar-refractivity contribution in [2.75, 3.05) is 45.5 Å². The molecule has 2 amide bonds. The summed E-state index contributed by atoms with van der Waals surface area (Å²) in [6.45, 7) is 10.5. The van der Waals surface area contributed by atoms with Gasteiger partial charge < -0.3 is 9.80 Å². The fourth-order valence-electron chi connectivity index (χ4n) is 3.55. The number of urea groups is 1. The van der Waals surface area contributed by atoms with Crippen LogP contribution in [0.1, 0.15) is 26.7 Å². The molecule has 3 aliphatic rings. The topological polar surface area (TPSA) is 26.8 Å². The second kappa shape index (κ2) is 5.41. The molecule has 5 heteroatoms. The Hall–Kier alpha value is -0.420. The zero-order valence-electron chi connectivity index (χ0n) is 13.0. The molecule has 0 bridgehead atoms. The van der Waals surface area contributed by atoms with Gasteiger partial charge in [-0.15, -0.1) is 0 Å². The fraction of sp³-hybridized carbons (Fsp3) is 0.933. The summed E-state index contributed by atoms with van der Waals surface area (Å²) in [5.74, 6) is 0.558. The molecule has 3 fully saturated rings. The summed E-state index contributed by atoms with van der Waals surface area (Å²) in [5, 5.41) is 0. The molecule has 3 rings (SSSR count). The molecule has 114 valence electrons. The highest BCUT2D eigenvalue weighted by Crippen LogP contribution is 2.47. The van der Waals surface area contributed by atoms with E-state index < -0.39 is 0 Å². The van der Waals surface area contributed by atoms with Crippen LogP contribution in [0, 0.1) is 5.92 Å². The zero-order chi connectivity index (χ0) is 14.3. The Bertz CT molecular complexity index is 383. The molecule has 1 aliphatic carbocycles. The van der Waals surface area contributed by atoms with Crippen LogP contribution in [0.4, 0.5) is 4.79 Å². The number of carbonyl (C=O) groups excluding carboxylic acids is 1. The van der Waals surface area contributed by atoms with Gasteiger partial charge in [0.05, 0.1) is 6.04 Å². The van der Waals surface area contributed by atoms with Crippen LogP contribution in [0.2, 0.25) is 0 Å². The van der Waals surface area contributed by atoms with Gasteiger partial charge in [-0.3, -0.25) is 4.90 Å². The van der Waals surface area contributed by atoms with Gasteiger partial charge in [0.15, 0.2) is 0 Å². The minimum Gasteiger partial charge on any atom is -0.322 e. The van der Waals surface area contributed by atoms with E-state index in [1.54, 1.807) is 0 Å². The zero-order valence-corrected chi connectivity index (χ0v) is 13.8. The molecule has 20 heavy (non-hydrogen) atoms. The van der Waals surface area contributed by atoms with Gasteiger partial charge in [-0.05, 0) is 25.0 Å². The monoisotopic (exact) mass is 297 g/mol. The third-order valence-electron chi connectivity index (χ3n) is 4.85. The van der Waals surface area contributed by atoms with Gasteiger partial charge in [0, 0.05) is 44.0 Å². The molecule has 2 heterocycles. The van der Waals surface area contributed by atoms with Crippen LogP contribution in [0.5, 0.6) is 0 Å². The first-order valence-electron chi connectivity index (χ1n) is 7.86. The lowest BCUT2D eigenvalue weighted by molar-refractivity contribution is 0.120. The van der Waals surface area contributed by atoms with Crippen LogP contribution >= 0.6 is 11.8 Å². The highest BCUT2D eigenvalue weighted by Gasteiger charge is 2.46. The number of fused-ring (bicyclic) bond motifs is 1. The Morgan fingerprint density at radius 2 is 2.05 bits per heavy atom. The van der Waals surface area contributed by atoms with Gasteiger partial charge in [-0.2, -0.15) is 11.8 Å². The molecule has 0 N–H and O–H groups in total.